The number of benzene rings is 2. The van der Waals surface area contributed by atoms with Crippen LogP contribution in [-0.2, 0) is 11.3 Å². The minimum atomic E-state index is -0.456. The summed E-state index contributed by atoms with van der Waals surface area (Å²) >= 11 is 0. The van der Waals surface area contributed by atoms with E-state index in [1.54, 1.807) is 30.3 Å². The van der Waals surface area contributed by atoms with Gasteiger partial charge in [0.15, 0.2) is 0 Å². The van der Waals surface area contributed by atoms with Crippen molar-refractivity contribution in [2.45, 2.75) is 58.4 Å². The molecule has 3 N–H and O–H groups in total. The van der Waals surface area contributed by atoms with E-state index in [2.05, 4.69) is 15.7 Å². The molecule has 0 saturated heterocycles. The molecule has 8 heteroatoms. The number of hydrogen-bond donors (Lipinski definition) is 3. The second-order valence-electron chi connectivity index (χ2n) is 9.48. The highest BCUT2D eigenvalue weighted by molar-refractivity contribution is 5.92. The van der Waals surface area contributed by atoms with E-state index in [0.29, 0.717) is 28.9 Å². The van der Waals surface area contributed by atoms with E-state index in [4.69, 9.17) is 0 Å². The van der Waals surface area contributed by atoms with Gasteiger partial charge in [-0.05, 0) is 49.1 Å². The van der Waals surface area contributed by atoms with Crippen molar-refractivity contribution in [3.8, 4) is 17.0 Å². The highest BCUT2D eigenvalue weighted by Crippen LogP contribution is 2.38. The molecule has 0 radical (unpaired) electrons. The summed E-state index contributed by atoms with van der Waals surface area (Å²) in [6, 6.07) is 12.5. The molecule has 7 nitrogen and oxygen atoms in total. The fourth-order valence-electron chi connectivity index (χ4n) is 4.49. The predicted molar refractivity (Wildman–Crippen MR) is 133 cm³/mol. The third kappa shape index (κ3) is 5.88. The first-order chi connectivity index (χ1) is 16.8. The van der Waals surface area contributed by atoms with Crippen LogP contribution < -0.4 is 10.6 Å². The molecule has 4 rings (SSSR count). The normalized spacial score (nSPS) is 13.8. The molecule has 184 valence electrons. The molecule has 1 aliphatic carbocycles. The molecule has 1 heterocycles. The van der Waals surface area contributed by atoms with E-state index in [1.165, 1.54) is 16.8 Å². The maximum absolute atomic E-state index is 14.0. The Balaban J connectivity index is 1.62. The van der Waals surface area contributed by atoms with Gasteiger partial charge in [-0.25, -0.2) is 9.18 Å². The molecule has 0 atom stereocenters. The fourth-order valence-corrected chi connectivity index (χ4v) is 4.49. The summed E-state index contributed by atoms with van der Waals surface area (Å²) in [5.74, 6) is -0.0977. The molecule has 2 aromatic carbocycles. The van der Waals surface area contributed by atoms with E-state index in [9.17, 15) is 19.1 Å². The van der Waals surface area contributed by atoms with Crippen LogP contribution in [0.5, 0.6) is 5.75 Å². The summed E-state index contributed by atoms with van der Waals surface area (Å²) in [6.07, 6.45) is 4.43. The van der Waals surface area contributed by atoms with Crippen LogP contribution >= 0.6 is 0 Å². The van der Waals surface area contributed by atoms with Crippen molar-refractivity contribution in [3.63, 3.8) is 0 Å². The van der Waals surface area contributed by atoms with E-state index < -0.39 is 6.03 Å². The lowest BCUT2D eigenvalue weighted by molar-refractivity contribution is -0.116. The topological polar surface area (TPSA) is 96.2 Å². The van der Waals surface area contributed by atoms with Gasteiger partial charge in [-0.3, -0.25) is 4.79 Å². The average Bonchev–Trinajstić information content (AvgIpc) is 3.49. The highest BCUT2D eigenvalue weighted by atomic mass is 19.1. The standard InChI is InChI=1S/C27H31FN4O3/c1-17(2)13-26(34)30-20-11-12-25(33)21(14-20)23-15-24(18-7-3-4-8-18)32(31-23)27(35)29-16-19-9-5-6-10-22(19)28/h5-6,9-12,14-15,17-18,33H,3-4,7-8,13,16H2,1-2H3,(H,29,35)(H,30,34). The maximum atomic E-state index is 14.0. The Morgan fingerprint density at radius 1 is 1.14 bits per heavy atom. The zero-order valence-corrected chi connectivity index (χ0v) is 20.1. The SMILES string of the molecule is CC(C)CC(=O)Nc1ccc(O)c(-c2cc(C3CCCC3)n(C(=O)NCc3ccccc3F)n2)c1. The maximum Gasteiger partial charge on any atom is 0.342 e. The van der Waals surface area contributed by atoms with Crippen molar-refractivity contribution >= 4 is 17.6 Å². The number of carbonyl (C=O) groups is 2. The average molecular weight is 479 g/mol. The van der Waals surface area contributed by atoms with E-state index in [0.717, 1.165) is 31.4 Å². The third-order valence-corrected chi connectivity index (χ3v) is 6.24. The summed E-state index contributed by atoms with van der Waals surface area (Å²) in [5.41, 5.74) is 2.55. The largest absolute Gasteiger partial charge is 0.507 e. The van der Waals surface area contributed by atoms with Crippen molar-refractivity contribution in [2.75, 3.05) is 5.32 Å². The molecule has 35 heavy (non-hydrogen) atoms. The van der Waals surface area contributed by atoms with E-state index in [-0.39, 0.29) is 35.9 Å². The van der Waals surface area contributed by atoms with Crippen LogP contribution in [0.25, 0.3) is 11.3 Å². The summed E-state index contributed by atoms with van der Waals surface area (Å²) in [5, 5.41) is 20.7. The van der Waals surface area contributed by atoms with Gasteiger partial charge in [0.2, 0.25) is 5.91 Å². The third-order valence-electron chi connectivity index (χ3n) is 6.24. The molecule has 1 aliphatic rings. The van der Waals surface area contributed by atoms with Crippen molar-refractivity contribution in [1.29, 1.82) is 0 Å². The molecule has 0 spiro atoms. The fraction of sp³-hybridized carbons (Fsp3) is 0.370. The molecule has 3 aromatic rings. The van der Waals surface area contributed by atoms with Gasteiger partial charge in [0.25, 0.3) is 0 Å². The number of halogens is 1. The van der Waals surface area contributed by atoms with Crippen molar-refractivity contribution in [1.82, 2.24) is 15.1 Å². The molecule has 1 aromatic heterocycles. The number of amides is 2. The second kappa shape index (κ2) is 10.7. The Hall–Kier alpha value is -3.68. The van der Waals surface area contributed by atoms with Gasteiger partial charge in [-0.2, -0.15) is 9.78 Å². The number of aromatic nitrogens is 2. The molecule has 1 saturated carbocycles. The number of nitrogens with zero attached hydrogens (tertiary/aromatic N) is 2. The number of phenolic OH excluding ortho intramolecular Hbond substituents is 1. The van der Waals surface area contributed by atoms with Crippen molar-refractivity contribution in [2.24, 2.45) is 5.92 Å². The van der Waals surface area contributed by atoms with Crippen LogP contribution in [0.2, 0.25) is 0 Å². The van der Waals surface area contributed by atoms with Gasteiger partial charge in [0, 0.05) is 35.7 Å². The van der Waals surface area contributed by atoms with Gasteiger partial charge in [-0.1, -0.05) is 44.9 Å². The Kier molecular flexibility index (Phi) is 7.48. The molecular formula is C27H31FN4O3. The van der Waals surface area contributed by atoms with Crippen LogP contribution in [0.4, 0.5) is 14.9 Å². The molecule has 0 aliphatic heterocycles. The first-order valence-corrected chi connectivity index (χ1v) is 12.1. The lowest BCUT2D eigenvalue weighted by atomic mass is 10.0. The number of aromatic hydroxyl groups is 1. The van der Waals surface area contributed by atoms with E-state index >= 15 is 0 Å². The van der Waals surface area contributed by atoms with Crippen molar-refractivity contribution in [3.05, 3.63) is 65.6 Å². The quantitative estimate of drug-likeness (QED) is 0.374. The van der Waals surface area contributed by atoms with E-state index in [1.807, 2.05) is 19.9 Å². The lowest BCUT2D eigenvalue weighted by Crippen LogP contribution is -2.31. The van der Waals surface area contributed by atoms with Gasteiger partial charge < -0.3 is 15.7 Å². The minimum Gasteiger partial charge on any atom is -0.507 e. The summed E-state index contributed by atoms with van der Waals surface area (Å²) in [7, 11) is 0. The zero-order valence-electron chi connectivity index (χ0n) is 20.1. The van der Waals surface area contributed by atoms with Crippen LogP contribution in [0.3, 0.4) is 0 Å². The summed E-state index contributed by atoms with van der Waals surface area (Å²) < 4.78 is 15.3. The lowest BCUT2D eigenvalue weighted by Gasteiger charge is -2.12. The summed E-state index contributed by atoms with van der Waals surface area (Å²) in [6.45, 7) is 3.97. The monoisotopic (exact) mass is 478 g/mol. The van der Waals surface area contributed by atoms with Gasteiger partial charge in [-0.15, -0.1) is 0 Å². The smallest absolute Gasteiger partial charge is 0.342 e. The Morgan fingerprint density at radius 2 is 1.89 bits per heavy atom. The molecule has 1 fully saturated rings. The molecule has 0 unspecified atom stereocenters. The van der Waals surface area contributed by atoms with Crippen LogP contribution in [0.1, 0.15) is 63.1 Å². The molecular weight excluding hydrogens is 447 g/mol. The number of phenols is 1. The number of hydrogen-bond acceptors (Lipinski definition) is 4. The molecule has 0 bridgehead atoms. The summed E-state index contributed by atoms with van der Waals surface area (Å²) in [4.78, 5) is 25.3. The predicted octanol–water partition coefficient (Wildman–Crippen LogP) is 5.79. The zero-order chi connectivity index (χ0) is 24.9. The number of anilines is 1. The van der Waals surface area contributed by atoms with Crippen LogP contribution in [0, 0.1) is 11.7 Å². The van der Waals surface area contributed by atoms with Crippen LogP contribution in [-0.4, -0.2) is 26.8 Å². The van der Waals surface area contributed by atoms with Gasteiger partial charge in [0.1, 0.15) is 11.6 Å². The second-order valence-corrected chi connectivity index (χ2v) is 9.48. The Labute approximate surface area is 204 Å². The first-order valence-electron chi connectivity index (χ1n) is 12.1. The number of nitrogens with one attached hydrogen (secondary N) is 2. The molecule has 2 amide bonds. The van der Waals surface area contributed by atoms with Gasteiger partial charge >= 0.3 is 6.03 Å². The first kappa shape index (κ1) is 24.4. The van der Waals surface area contributed by atoms with Crippen LogP contribution in [0.15, 0.2) is 48.5 Å². The Morgan fingerprint density at radius 3 is 2.60 bits per heavy atom. The minimum absolute atomic E-state index is 0.00115. The van der Waals surface area contributed by atoms with Gasteiger partial charge in [0.05, 0.1) is 11.4 Å². The number of rotatable bonds is 7. The van der Waals surface area contributed by atoms with Crippen molar-refractivity contribution < 1.29 is 19.1 Å². The number of carbonyl (C=O) groups excluding carboxylic acids is 2. The Bertz CT molecular complexity index is 1210. The highest BCUT2D eigenvalue weighted by Gasteiger charge is 2.26.